The molecule has 3 aromatic carbocycles. The number of carbonyl (C=O) groups is 2. The number of ether oxygens (including phenoxy) is 3. The Morgan fingerprint density at radius 3 is 2.54 bits per heavy atom. The highest BCUT2D eigenvalue weighted by atomic mass is 19.1. The second-order valence-corrected chi connectivity index (χ2v) is 9.31. The lowest BCUT2D eigenvalue weighted by atomic mass is 9.90. The molecule has 5 atom stereocenters. The molecule has 180 valence electrons. The molecule has 0 spiro atoms. The third kappa shape index (κ3) is 4.84. The molecule has 5 rings (SSSR count). The van der Waals surface area contributed by atoms with Crippen molar-refractivity contribution in [3.8, 4) is 0 Å². The monoisotopic (exact) mass is 474 g/mol. The Morgan fingerprint density at radius 1 is 0.971 bits per heavy atom. The van der Waals surface area contributed by atoms with E-state index in [1.807, 2.05) is 42.5 Å². The lowest BCUT2D eigenvalue weighted by Crippen LogP contribution is -2.37. The summed E-state index contributed by atoms with van der Waals surface area (Å²) >= 11 is 0. The Hall–Kier alpha value is -3.51. The predicted molar refractivity (Wildman–Crippen MR) is 131 cm³/mol. The first-order valence-corrected chi connectivity index (χ1v) is 11.9. The Bertz CT molecular complexity index is 1300. The molecule has 1 saturated heterocycles. The average molecular weight is 475 g/mol. The summed E-state index contributed by atoms with van der Waals surface area (Å²) in [6, 6.07) is 18.3. The first-order chi connectivity index (χ1) is 16.9. The fourth-order valence-electron chi connectivity index (χ4n) is 4.67. The summed E-state index contributed by atoms with van der Waals surface area (Å²) in [4.78, 5) is 25.5. The van der Waals surface area contributed by atoms with Crippen molar-refractivity contribution < 1.29 is 28.2 Å². The number of allylic oxidation sites excluding steroid dienone is 1. The molecule has 3 aromatic rings. The lowest BCUT2D eigenvalue weighted by molar-refractivity contribution is -0.0403. The van der Waals surface area contributed by atoms with E-state index < -0.39 is 36.4 Å². The molecule has 0 amide bonds. The van der Waals surface area contributed by atoms with Gasteiger partial charge in [-0.05, 0) is 65.4 Å². The number of hydrogen-bond donors (Lipinski definition) is 0. The van der Waals surface area contributed by atoms with Gasteiger partial charge in [-0.1, -0.05) is 55.5 Å². The van der Waals surface area contributed by atoms with Crippen molar-refractivity contribution in [2.45, 2.75) is 44.8 Å². The van der Waals surface area contributed by atoms with Crippen LogP contribution in [0, 0.1) is 5.92 Å². The lowest BCUT2D eigenvalue weighted by Gasteiger charge is -2.21. The van der Waals surface area contributed by atoms with Crippen LogP contribution in [-0.4, -0.2) is 43.0 Å². The van der Waals surface area contributed by atoms with Gasteiger partial charge < -0.3 is 14.2 Å². The molecule has 0 N–H and O–H groups in total. The summed E-state index contributed by atoms with van der Waals surface area (Å²) in [5.41, 5.74) is 2.86. The largest absolute Gasteiger partial charge is 0.459 e. The van der Waals surface area contributed by atoms with Crippen LogP contribution in [0.5, 0.6) is 0 Å². The van der Waals surface area contributed by atoms with Gasteiger partial charge in [-0.2, -0.15) is 0 Å². The maximum Gasteiger partial charge on any atom is 0.338 e. The minimum absolute atomic E-state index is 0.223. The third-order valence-electron chi connectivity index (χ3n) is 6.65. The van der Waals surface area contributed by atoms with Crippen molar-refractivity contribution in [1.29, 1.82) is 0 Å². The molecule has 1 fully saturated rings. The van der Waals surface area contributed by atoms with Crippen molar-refractivity contribution in [3.05, 3.63) is 89.0 Å². The van der Waals surface area contributed by atoms with Gasteiger partial charge in [-0.15, -0.1) is 0 Å². The van der Waals surface area contributed by atoms with Gasteiger partial charge >= 0.3 is 11.9 Å². The van der Waals surface area contributed by atoms with Crippen molar-refractivity contribution in [2.24, 2.45) is 5.92 Å². The molecule has 1 aliphatic heterocycles. The smallest absolute Gasteiger partial charge is 0.338 e. The Balaban J connectivity index is 1.26. The van der Waals surface area contributed by atoms with E-state index in [4.69, 9.17) is 14.2 Å². The van der Waals surface area contributed by atoms with E-state index in [1.165, 1.54) is 0 Å². The Morgan fingerprint density at radius 2 is 1.71 bits per heavy atom. The molecule has 0 saturated carbocycles. The van der Waals surface area contributed by atoms with E-state index in [0.717, 1.165) is 28.3 Å². The molecule has 1 aliphatic carbocycles. The van der Waals surface area contributed by atoms with E-state index in [-0.39, 0.29) is 6.61 Å². The molecule has 5 nitrogen and oxygen atoms in total. The van der Waals surface area contributed by atoms with Crippen LogP contribution in [0.15, 0.2) is 66.7 Å². The van der Waals surface area contributed by atoms with E-state index in [1.54, 1.807) is 31.2 Å². The first kappa shape index (κ1) is 23.2. The summed E-state index contributed by atoms with van der Waals surface area (Å²) in [6.07, 6.45) is 0.619. The van der Waals surface area contributed by atoms with Crippen LogP contribution in [-0.2, 0) is 20.6 Å². The van der Waals surface area contributed by atoms with E-state index in [9.17, 15) is 14.0 Å². The van der Waals surface area contributed by atoms with Gasteiger partial charge in [-0.3, -0.25) is 0 Å². The van der Waals surface area contributed by atoms with E-state index in [2.05, 4.69) is 13.0 Å². The molecular weight excluding hydrogens is 447 g/mol. The number of carbonyl (C=O) groups excluding carboxylic acids is 2. The summed E-state index contributed by atoms with van der Waals surface area (Å²) in [5.74, 6) is -0.728. The van der Waals surface area contributed by atoms with E-state index in [0.29, 0.717) is 17.0 Å². The molecular formula is C29H27FO5. The SMILES string of the molecule is CC1C=Cc2cc(C(=O)O[C@H]3[C@H](F)C(C)O[C@@H]3COC(=O)c3ccc4ccccc4c3)ccc2C1. The molecule has 0 radical (unpaired) electrons. The van der Waals surface area contributed by atoms with Gasteiger partial charge in [0.15, 0.2) is 12.3 Å². The minimum Gasteiger partial charge on any atom is -0.459 e. The molecule has 2 unspecified atom stereocenters. The van der Waals surface area contributed by atoms with Crippen molar-refractivity contribution in [3.63, 3.8) is 0 Å². The van der Waals surface area contributed by atoms with Crippen LogP contribution >= 0.6 is 0 Å². The fraction of sp³-hybridized carbons (Fsp3) is 0.310. The highest BCUT2D eigenvalue weighted by molar-refractivity contribution is 5.95. The number of fused-ring (bicyclic) bond motifs is 2. The second-order valence-electron chi connectivity index (χ2n) is 9.31. The van der Waals surface area contributed by atoms with Crippen LogP contribution in [0.25, 0.3) is 16.8 Å². The van der Waals surface area contributed by atoms with Crippen LogP contribution in [0.4, 0.5) is 4.39 Å². The van der Waals surface area contributed by atoms with Crippen LogP contribution in [0.1, 0.15) is 45.7 Å². The maximum atomic E-state index is 14.9. The topological polar surface area (TPSA) is 61.8 Å². The number of alkyl halides is 1. The average Bonchev–Trinajstić information content (AvgIpc) is 3.14. The zero-order valence-corrected chi connectivity index (χ0v) is 19.6. The molecule has 35 heavy (non-hydrogen) atoms. The first-order valence-electron chi connectivity index (χ1n) is 11.9. The summed E-state index contributed by atoms with van der Waals surface area (Å²) in [7, 11) is 0. The van der Waals surface area contributed by atoms with Crippen molar-refractivity contribution in [1.82, 2.24) is 0 Å². The highest BCUT2D eigenvalue weighted by Crippen LogP contribution is 2.29. The normalized spacial score (nSPS) is 25.3. The standard InChI is InChI=1S/C29H27FO5/c1-17-7-8-22-15-24(12-10-21(22)13-17)29(32)35-27-25(34-18(2)26(27)30)16-33-28(31)23-11-9-19-5-3-4-6-20(19)14-23/h3-12,14-15,17-18,25-27H,13,16H2,1-2H3/t17?,18?,25-,26-,27-/m1/s1. The van der Waals surface area contributed by atoms with Crippen molar-refractivity contribution >= 4 is 28.8 Å². The number of hydrogen-bond acceptors (Lipinski definition) is 5. The van der Waals surface area contributed by atoms with Gasteiger partial charge in [0.05, 0.1) is 17.2 Å². The number of esters is 2. The van der Waals surface area contributed by atoms with Crippen LogP contribution in [0.3, 0.4) is 0 Å². The minimum atomic E-state index is -1.53. The zero-order valence-electron chi connectivity index (χ0n) is 19.6. The van der Waals surface area contributed by atoms with Crippen LogP contribution in [0.2, 0.25) is 0 Å². The summed E-state index contributed by atoms with van der Waals surface area (Å²) in [6.45, 7) is 3.48. The summed E-state index contributed by atoms with van der Waals surface area (Å²) < 4.78 is 31.5. The van der Waals surface area contributed by atoms with Crippen LogP contribution < -0.4 is 0 Å². The quantitative estimate of drug-likeness (QED) is 0.454. The molecule has 0 bridgehead atoms. The molecule has 0 aromatic heterocycles. The number of halogens is 1. The van der Waals surface area contributed by atoms with Gasteiger partial charge in [0.1, 0.15) is 12.7 Å². The van der Waals surface area contributed by atoms with Crippen molar-refractivity contribution in [2.75, 3.05) is 6.61 Å². The van der Waals surface area contributed by atoms with Gasteiger partial charge in [0.2, 0.25) is 0 Å². The number of benzene rings is 3. The second kappa shape index (κ2) is 9.62. The Labute approximate surface area is 203 Å². The number of rotatable bonds is 5. The maximum absolute atomic E-state index is 14.9. The van der Waals surface area contributed by atoms with Gasteiger partial charge in [0.25, 0.3) is 0 Å². The third-order valence-corrected chi connectivity index (χ3v) is 6.65. The summed E-state index contributed by atoms with van der Waals surface area (Å²) in [5, 5.41) is 1.93. The fourth-order valence-corrected chi connectivity index (χ4v) is 4.67. The highest BCUT2D eigenvalue weighted by Gasteiger charge is 2.46. The van der Waals surface area contributed by atoms with Gasteiger partial charge in [0, 0.05) is 0 Å². The Kier molecular flexibility index (Phi) is 6.39. The molecule has 1 heterocycles. The molecule has 6 heteroatoms. The molecule has 2 aliphatic rings. The zero-order chi connectivity index (χ0) is 24.5. The van der Waals surface area contributed by atoms with Gasteiger partial charge in [-0.25, -0.2) is 14.0 Å². The van der Waals surface area contributed by atoms with E-state index >= 15 is 0 Å². The predicted octanol–water partition coefficient (Wildman–Crippen LogP) is 5.55.